The van der Waals surface area contributed by atoms with E-state index in [0.29, 0.717) is 44.2 Å². The van der Waals surface area contributed by atoms with Crippen LogP contribution in [0.4, 0.5) is 10.1 Å². The number of hydrogen-bond acceptors (Lipinski definition) is 3. The highest BCUT2D eigenvalue weighted by atomic mass is 35.5. The summed E-state index contributed by atoms with van der Waals surface area (Å²) in [6.45, 7) is 1.76. The van der Waals surface area contributed by atoms with Crippen molar-refractivity contribution in [3.63, 3.8) is 0 Å². The van der Waals surface area contributed by atoms with E-state index in [2.05, 4.69) is 0 Å². The van der Waals surface area contributed by atoms with E-state index in [1.54, 1.807) is 39.0 Å². The van der Waals surface area contributed by atoms with E-state index in [1.807, 2.05) is 0 Å². The normalized spacial score (nSPS) is 19.1. The fraction of sp³-hybridized carbons (Fsp3) is 0.318. The zero-order chi connectivity index (χ0) is 22.1. The van der Waals surface area contributed by atoms with Crippen molar-refractivity contribution in [1.82, 2.24) is 9.80 Å². The summed E-state index contributed by atoms with van der Waals surface area (Å²) in [6.07, 6.45) is 0.449. The molecule has 6 nitrogen and oxygen atoms in total. The van der Waals surface area contributed by atoms with Crippen molar-refractivity contribution < 1.29 is 18.8 Å². The highest BCUT2D eigenvalue weighted by Crippen LogP contribution is 2.28. The third kappa shape index (κ3) is 4.38. The number of hydrogen-bond donors (Lipinski definition) is 0. The van der Waals surface area contributed by atoms with E-state index in [-0.39, 0.29) is 28.3 Å². The van der Waals surface area contributed by atoms with Crippen LogP contribution in [0.25, 0.3) is 0 Å². The van der Waals surface area contributed by atoms with Gasteiger partial charge in [0.1, 0.15) is 11.7 Å². The molecule has 2 heterocycles. The van der Waals surface area contributed by atoms with Gasteiger partial charge in [0.05, 0.1) is 10.6 Å². The monoisotopic (exact) mass is 463 g/mol. The van der Waals surface area contributed by atoms with Crippen molar-refractivity contribution >= 4 is 46.6 Å². The lowest BCUT2D eigenvalue weighted by Gasteiger charge is -2.35. The number of rotatable bonds is 3. The quantitative estimate of drug-likeness (QED) is 0.654. The lowest BCUT2D eigenvalue weighted by Crippen LogP contribution is -2.52. The molecule has 9 heteroatoms. The molecule has 1 unspecified atom stereocenters. The highest BCUT2D eigenvalue weighted by Gasteiger charge is 2.40. The molecule has 2 saturated heterocycles. The lowest BCUT2D eigenvalue weighted by molar-refractivity contribution is -0.141. The number of carbonyl (C=O) groups excluding carboxylic acids is 3. The Morgan fingerprint density at radius 2 is 1.55 bits per heavy atom. The van der Waals surface area contributed by atoms with Gasteiger partial charge in [0.2, 0.25) is 11.8 Å². The summed E-state index contributed by atoms with van der Waals surface area (Å²) >= 11 is 11.9. The predicted octanol–water partition coefficient (Wildman–Crippen LogP) is 3.47. The molecule has 0 aromatic heterocycles. The molecular weight excluding hydrogens is 444 g/mol. The maximum atomic E-state index is 13.2. The van der Waals surface area contributed by atoms with Crippen LogP contribution in [-0.2, 0) is 9.59 Å². The smallest absolute Gasteiger partial charge is 0.255 e. The molecule has 162 valence electrons. The van der Waals surface area contributed by atoms with Crippen LogP contribution in [0.15, 0.2) is 42.5 Å². The van der Waals surface area contributed by atoms with Gasteiger partial charge in [-0.2, -0.15) is 0 Å². The van der Waals surface area contributed by atoms with E-state index in [4.69, 9.17) is 23.2 Å². The van der Waals surface area contributed by atoms with Crippen molar-refractivity contribution in [2.24, 2.45) is 5.92 Å². The molecule has 0 N–H and O–H groups in total. The summed E-state index contributed by atoms with van der Waals surface area (Å²) in [5.41, 5.74) is 0.948. The van der Waals surface area contributed by atoms with Gasteiger partial charge < -0.3 is 14.7 Å². The third-order valence-electron chi connectivity index (χ3n) is 5.68. The number of piperazine rings is 1. The van der Waals surface area contributed by atoms with E-state index < -0.39 is 11.7 Å². The first-order valence-electron chi connectivity index (χ1n) is 9.95. The minimum atomic E-state index is -0.718. The summed E-state index contributed by atoms with van der Waals surface area (Å²) in [5, 5.41) is 0.639. The average Bonchev–Trinajstić information content (AvgIpc) is 3.15. The number of benzene rings is 2. The first-order valence-corrected chi connectivity index (χ1v) is 10.7. The van der Waals surface area contributed by atoms with Gasteiger partial charge in [-0.25, -0.2) is 4.39 Å². The molecule has 0 spiro atoms. The van der Waals surface area contributed by atoms with Crippen molar-refractivity contribution in [3.8, 4) is 0 Å². The fourth-order valence-electron chi connectivity index (χ4n) is 3.97. The molecule has 3 amide bonds. The van der Waals surface area contributed by atoms with Gasteiger partial charge in [0.15, 0.2) is 0 Å². The molecule has 0 aliphatic carbocycles. The Kier molecular flexibility index (Phi) is 6.16. The van der Waals surface area contributed by atoms with Crippen molar-refractivity contribution in [2.75, 3.05) is 37.6 Å². The van der Waals surface area contributed by atoms with Crippen LogP contribution in [0, 0.1) is 11.7 Å². The standard InChI is InChI=1S/C22H20Cl2FN3O3/c23-14-1-4-16(5-2-14)28-8-7-18(22(28)31)21(30)27-11-9-26(10-12-27)20(29)17-6-3-15(25)13-19(17)24/h1-6,13,18H,7-12H2. The molecule has 2 aliphatic rings. The van der Waals surface area contributed by atoms with Crippen molar-refractivity contribution in [1.29, 1.82) is 0 Å². The molecular formula is C22H20Cl2FN3O3. The van der Waals surface area contributed by atoms with Crippen molar-refractivity contribution in [2.45, 2.75) is 6.42 Å². The molecule has 2 aliphatic heterocycles. The van der Waals surface area contributed by atoms with Crippen LogP contribution in [-0.4, -0.2) is 60.2 Å². The first-order chi connectivity index (χ1) is 14.8. The summed E-state index contributed by atoms with van der Waals surface area (Å²) in [6, 6.07) is 10.6. The topological polar surface area (TPSA) is 60.9 Å². The second kappa shape index (κ2) is 8.85. The van der Waals surface area contributed by atoms with Gasteiger partial charge >= 0.3 is 0 Å². The summed E-state index contributed by atoms with van der Waals surface area (Å²) < 4.78 is 13.2. The molecule has 0 radical (unpaired) electrons. The molecule has 1 atom stereocenters. The van der Waals surface area contributed by atoms with Crippen LogP contribution in [0.1, 0.15) is 16.8 Å². The third-order valence-corrected chi connectivity index (χ3v) is 6.25. The van der Waals surface area contributed by atoms with Crippen LogP contribution in [0.3, 0.4) is 0 Å². The molecule has 0 bridgehead atoms. The lowest BCUT2D eigenvalue weighted by atomic mass is 10.1. The van der Waals surface area contributed by atoms with Crippen LogP contribution < -0.4 is 4.90 Å². The molecule has 2 aromatic rings. The summed E-state index contributed by atoms with van der Waals surface area (Å²) in [4.78, 5) is 43.3. The number of anilines is 1. The largest absolute Gasteiger partial charge is 0.338 e. The Morgan fingerprint density at radius 1 is 0.903 bits per heavy atom. The zero-order valence-electron chi connectivity index (χ0n) is 16.6. The highest BCUT2D eigenvalue weighted by molar-refractivity contribution is 6.33. The number of carbonyl (C=O) groups is 3. The summed E-state index contributed by atoms with van der Waals surface area (Å²) in [5.74, 6) is -1.96. The molecule has 0 saturated carbocycles. The van der Waals surface area contributed by atoms with E-state index in [1.165, 1.54) is 12.1 Å². The van der Waals surface area contributed by atoms with Gasteiger partial charge in [-0.1, -0.05) is 23.2 Å². The minimum absolute atomic E-state index is 0.0577. The minimum Gasteiger partial charge on any atom is -0.338 e. The second-order valence-electron chi connectivity index (χ2n) is 7.55. The van der Waals surface area contributed by atoms with Gasteiger partial charge in [-0.05, 0) is 48.9 Å². The van der Waals surface area contributed by atoms with Crippen LogP contribution >= 0.6 is 23.2 Å². The van der Waals surface area contributed by atoms with Gasteiger partial charge in [0, 0.05) is 43.4 Å². The molecule has 2 aromatic carbocycles. The Bertz CT molecular complexity index is 1020. The van der Waals surface area contributed by atoms with Crippen LogP contribution in [0.2, 0.25) is 10.0 Å². The molecule has 31 heavy (non-hydrogen) atoms. The first kappa shape index (κ1) is 21.6. The Balaban J connectivity index is 1.36. The molecule has 2 fully saturated rings. The SMILES string of the molecule is O=C(c1ccc(F)cc1Cl)N1CCN(C(=O)C2CCN(c3ccc(Cl)cc3)C2=O)CC1. The van der Waals surface area contributed by atoms with Gasteiger partial charge in [0.25, 0.3) is 5.91 Å². The van der Waals surface area contributed by atoms with E-state index in [9.17, 15) is 18.8 Å². The fourth-order valence-corrected chi connectivity index (χ4v) is 4.34. The Labute approximate surface area is 189 Å². The maximum absolute atomic E-state index is 13.2. The van der Waals surface area contributed by atoms with E-state index in [0.717, 1.165) is 11.8 Å². The van der Waals surface area contributed by atoms with E-state index >= 15 is 0 Å². The van der Waals surface area contributed by atoms with Gasteiger partial charge in [-0.15, -0.1) is 0 Å². The number of nitrogens with zero attached hydrogens (tertiary/aromatic N) is 3. The second-order valence-corrected chi connectivity index (χ2v) is 8.39. The zero-order valence-corrected chi connectivity index (χ0v) is 18.1. The predicted molar refractivity (Wildman–Crippen MR) is 116 cm³/mol. The number of amides is 3. The average molecular weight is 464 g/mol. The summed E-state index contributed by atoms with van der Waals surface area (Å²) in [7, 11) is 0. The molecule has 4 rings (SSSR count). The van der Waals surface area contributed by atoms with Crippen molar-refractivity contribution in [3.05, 3.63) is 63.9 Å². The maximum Gasteiger partial charge on any atom is 0.255 e. The van der Waals surface area contributed by atoms with Crippen LogP contribution in [0.5, 0.6) is 0 Å². The Hall–Kier alpha value is -2.64. The number of halogens is 3. The van der Waals surface area contributed by atoms with Gasteiger partial charge in [-0.3, -0.25) is 14.4 Å². The Morgan fingerprint density at radius 3 is 2.19 bits per heavy atom.